The van der Waals surface area contributed by atoms with E-state index in [0.29, 0.717) is 42.0 Å². The summed E-state index contributed by atoms with van der Waals surface area (Å²) in [5.41, 5.74) is 5.15. The van der Waals surface area contributed by atoms with Crippen molar-refractivity contribution in [3.8, 4) is 22.8 Å². The number of hydrogen-bond donors (Lipinski definition) is 1. The molecule has 0 fully saturated rings. The highest BCUT2D eigenvalue weighted by Crippen LogP contribution is 2.45. The maximum atomic E-state index is 13.6. The van der Waals surface area contributed by atoms with Crippen LogP contribution in [0.3, 0.4) is 0 Å². The van der Waals surface area contributed by atoms with Gasteiger partial charge in [-0.1, -0.05) is 49.7 Å². The Morgan fingerprint density at radius 3 is 2.61 bits per heavy atom. The fraction of sp³-hybridized carbons (Fsp3) is 0.310. The van der Waals surface area contributed by atoms with E-state index in [1.807, 2.05) is 54.3 Å². The van der Waals surface area contributed by atoms with E-state index in [0.717, 1.165) is 34.4 Å². The Kier molecular flexibility index (Phi) is 6.55. The maximum Gasteiger partial charge on any atom is 0.273 e. The van der Waals surface area contributed by atoms with E-state index in [2.05, 4.69) is 36.2 Å². The summed E-state index contributed by atoms with van der Waals surface area (Å²) in [6.07, 6.45) is 2.58. The highest BCUT2D eigenvalue weighted by molar-refractivity contribution is 6.00. The van der Waals surface area contributed by atoms with Crippen molar-refractivity contribution in [1.82, 2.24) is 15.1 Å². The number of fused-ring (bicyclic) bond motifs is 1. The minimum atomic E-state index is -0.369. The number of carbonyl (C=O) groups excluding carboxylic acids is 1. The Labute approximate surface area is 211 Å². The lowest BCUT2D eigenvalue weighted by atomic mass is 9.95. The highest BCUT2D eigenvalue weighted by Gasteiger charge is 2.42. The number of rotatable bonds is 9. The van der Waals surface area contributed by atoms with Crippen LogP contribution in [-0.2, 0) is 6.54 Å². The van der Waals surface area contributed by atoms with E-state index in [1.165, 1.54) is 0 Å². The van der Waals surface area contributed by atoms with Gasteiger partial charge in [0.25, 0.3) is 5.91 Å². The monoisotopic (exact) mass is 485 g/mol. The van der Waals surface area contributed by atoms with Crippen LogP contribution in [0.1, 0.15) is 59.2 Å². The van der Waals surface area contributed by atoms with Gasteiger partial charge in [0.05, 0.1) is 38.3 Å². The molecule has 0 spiro atoms. The lowest BCUT2D eigenvalue weighted by molar-refractivity contribution is 0.0716. The molecule has 0 bridgehead atoms. The number of aromatic amines is 1. The number of aryl methyl sites for hydroxylation is 1. The predicted molar refractivity (Wildman–Crippen MR) is 137 cm³/mol. The molecule has 1 atom stereocenters. The SMILES string of the molecule is COc1cc(C2c3c(-c4ccc(C)cc4)n[nH]c3C(=O)N2Cc2ccco2)ccc1OCCC(C)C. The van der Waals surface area contributed by atoms with Gasteiger partial charge >= 0.3 is 0 Å². The molecule has 4 aromatic rings. The Morgan fingerprint density at radius 1 is 1.11 bits per heavy atom. The average molecular weight is 486 g/mol. The summed E-state index contributed by atoms with van der Waals surface area (Å²) < 4.78 is 17.3. The fourth-order valence-corrected chi connectivity index (χ4v) is 4.59. The normalized spacial score (nSPS) is 15.0. The molecule has 186 valence electrons. The van der Waals surface area contributed by atoms with Crippen LogP contribution in [0.2, 0.25) is 0 Å². The minimum absolute atomic E-state index is 0.117. The van der Waals surface area contributed by atoms with Crippen LogP contribution in [0.15, 0.2) is 65.3 Å². The van der Waals surface area contributed by atoms with Crippen LogP contribution in [-0.4, -0.2) is 34.7 Å². The molecule has 1 amide bonds. The first-order valence-electron chi connectivity index (χ1n) is 12.3. The van der Waals surface area contributed by atoms with Gasteiger partial charge in [-0.15, -0.1) is 0 Å². The summed E-state index contributed by atoms with van der Waals surface area (Å²) in [5, 5.41) is 7.57. The van der Waals surface area contributed by atoms with Gasteiger partial charge in [-0.3, -0.25) is 9.89 Å². The third kappa shape index (κ3) is 4.49. The van der Waals surface area contributed by atoms with E-state index >= 15 is 0 Å². The summed E-state index contributed by atoms with van der Waals surface area (Å²) in [6.45, 7) is 7.34. The van der Waals surface area contributed by atoms with E-state index in [9.17, 15) is 4.79 Å². The summed E-state index contributed by atoms with van der Waals surface area (Å²) in [5.74, 6) is 2.47. The molecule has 36 heavy (non-hydrogen) atoms. The van der Waals surface area contributed by atoms with Crippen LogP contribution in [0.5, 0.6) is 11.5 Å². The number of ether oxygens (including phenoxy) is 2. The largest absolute Gasteiger partial charge is 0.493 e. The summed E-state index contributed by atoms with van der Waals surface area (Å²) in [4.78, 5) is 15.4. The number of nitrogens with zero attached hydrogens (tertiary/aromatic N) is 2. The lowest BCUT2D eigenvalue weighted by Crippen LogP contribution is -2.29. The van der Waals surface area contributed by atoms with Gasteiger partial charge < -0.3 is 18.8 Å². The number of hydrogen-bond acceptors (Lipinski definition) is 5. The second-order valence-electron chi connectivity index (χ2n) is 9.58. The van der Waals surface area contributed by atoms with Gasteiger partial charge in [0, 0.05) is 11.1 Å². The molecule has 1 aliphatic heterocycles. The van der Waals surface area contributed by atoms with Crippen LogP contribution in [0.25, 0.3) is 11.3 Å². The van der Waals surface area contributed by atoms with Crippen molar-refractivity contribution >= 4 is 5.91 Å². The number of H-pyrrole nitrogens is 1. The number of amides is 1. The molecule has 1 aliphatic rings. The fourth-order valence-electron chi connectivity index (χ4n) is 4.59. The maximum absolute atomic E-state index is 13.6. The molecule has 1 N–H and O–H groups in total. The molecule has 2 aromatic heterocycles. The molecule has 0 radical (unpaired) electrons. The molecule has 1 unspecified atom stereocenters. The molecule has 7 heteroatoms. The van der Waals surface area contributed by atoms with Gasteiger partial charge in [-0.2, -0.15) is 5.10 Å². The summed E-state index contributed by atoms with van der Waals surface area (Å²) >= 11 is 0. The summed E-state index contributed by atoms with van der Waals surface area (Å²) in [7, 11) is 1.63. The summed E-state index contributed by atoms with van der Waals surface area (Å²) in [6, 6.07) is 17.4. The standard InChI is InChI=1S/C29H31N3O4/c1-18(2)13-15-36-23-12-11-21(16-24(23)34-4)28-25-26(20-9-7-19(3)8-10-20)30-31-27(25)29(33)32(28)17-22-6-5-14-35-22/h5-12,14,16,18,28H,13,15,17H2,1-4H3,(H,30,31). The topological polar surface area (TPSA) is 80.6 Å². The Balaban J connectivity index is 1.57. The van der Waals surface area contributed by atoms with Gasteiger partial charge in [0.1, 0.15) is 11.5 Å². The number of benzene rings is 2. The Morgan fingerprint density at radius 2 is 1.92 bits per heavy atom. The molecule has 7 nitrogen and oxygen atoms in total. The van der Waals surface area contributed by atoms with E-state index in [1.54, 1.807) is 13.4 Å². The zero-order valence-corrected chi connectivity index (χ0v) is 21.1. The number of carbonyl (C=O) groups is 1. The van der Waals surface area contributed by atoms with Crippen molar-refractivity contribution in [3.05, 3.63) is 89.0 Å². The number of methoxy groups -OCH3 is 1. The second-order valence-corrected chi connectivity index (χ2v) is 9.58. The minimum Gasteiger partial charge on any atom is -0.493 e. The zero-order chi connectivity index (χ0) is 25.2. The van der Waals surface area contributed by atoms with Crippen LogP contribution in [0.4, 0.5) is 0 Å². The van der Waals surface area contributed by atoms with Crippen molar-refractivity contribution in [2.45, 2.75) is 39.8 Å². The third-order valence-corrected chi connectivity index (χ3v) is 6.55. The Bertz CT molecular complexity index is 1340. The van der Waals surface area contributed by atoms with Crippen LogP contribution >= 0.6 is 0 Å². The van der Waals surface area contributed by atoms with E-state index in [-0.39, 0.29) is 11.9 Å². The quantitative estimate of drug-likeness (QED) is 0.307. The first-order chi connectivity index (χ1) is 17.5. The molecular formula is C29H31N3O4. The van der Waals surface area contributed by atoms with Crippen molar-refractivity contribution in [2.24, 2.45) is 5.92 Å². The number of nitrogens with one attached hydrogen (secondary N) is 1. The zero-order valence-electron chi connectivity index (χ0n) is 21.1. The average Bonchev–Trinajstić information content (AvgIpc) is 3.59. The second kappa shape index (κ2) is 9.93. The number of aromatic nitrogens is 2. The molecule has 0 saturated carbocycles. The van der Waals surface area contributed by atoms with Crippen LogP contribution < -0.4 is 9.47 Å². The van der Waals surface area contributed by atoms with Gasteiger partial charge in [0.15, 0.2) is 11.5 Å². The van der Waals surface area contributed by atoms with Crippen molar-refractivity contribution in [3.63, 3.8) is 0 Å². The molecule has 0 saturated heterocycles. The molecular weight excluding hydrogens is 454 g/mol. The Hall–Kier alpha value is -4.00. The predicted octanol–water partition coefficient (Wildman–Crippen LogP) is 6.16. The first-order valence-corrected chi connectivity index (χ1v) is 12.3. The smallest absolute Gasteiger partial charge is 0.273 e. The van der Waals surface area contributed by atoms with Crippen molar-refractivity contribution < 1.29 is 18.7 Å². The lowest BCUT2D eigenvalue weighted by Gasteiger charge is -2.26. The van der Waals surface area contributed by atoms with Gasteiger partial charge in [-0.25, -0.2) is 0 Å². The van der Waals surface area contributed by atoms with Crippen LogP contribution in [0, 0.1) is 12.8 Å². The highest BCUT2D eigenvalue weighted by atomic mass is 16.5. The third-order valence-electron chi connectivity index (χ3n) is 6.55. The van der Waals surface area contributed by atoms with Crippen molar-refractivity contribution in [2.75, 3.05) is 13.7 Å². The molecule has 5 rings (SSSR count). The van der Waals surface area contributed by atoms with E-state index < -0.39 is 0 Å². The first kappa shape index (κ1) is 23.7. The number of furan rings is 1. The molecule has 0 aliphatic carbocycles. The van der Waals surface area contributed by atoms with Crippen molar-refractivity contribution in [1.29, 1.82) is 0 Å². The van der Waals surface area contributed by atoms with E-state index in [4.69, 9.17) is 13.9 Å². The van der Waals surface area contributed by atoms with Gasteiger partial charge in [-0.05, 0) is 49.1 Å². The van der Waals surface area contributed by atoms with Gasteiger partial charge in [0.2, 0.25) is 0 Å². The molecule has 2 aromatic carbocycles. The molecule has 3 heterocycles.